The van der Waals surface area contributed by atoms with Crippen molar-refractivity contribution in [3.8, 4) is 5.75 Å². The van der Waals surface area contributed by atoms with Crippen LogP contribution in [0.15, 0.2) is 24.3 Å². The first-order valence-electron chi connectivity index (χ1n) is 8.20. The largest absolute Gasteiger partial charge is 0.513 e. The molecule has 2 N–H and O–H groups in total. The van der Waals surface area contributed by atoms with Crippen molar-refractivity contribution in [1.82, 2.24) is 5.32 Å². The van der Waals surface area contributed by atoms with Crippen molar-refractivity contribution >= 4 is 18.0 Å². The molecule has 1 aromatic carbocycles. The van der Waals surface area contributed by atoms with Gasteiger partial charge in [0.2, 0.25) is 5.91 Å². The highest BCUT2D eigenvalue weighted by molar-refractivity contribution is 5.87. The Morgan fingerprint density at radius 3 is 2.27 bits per heavy atom. The molecule has 0 spiro atoms. The third kappa shape index (κ3) is 9.63. The van der Waals surface area contributed by atoms with Gasteiger partial charge in [-0.15, -0.1) is 0 Å². The molecule has 1 rings (SSSR count). The zero-order chi connectivity index (χ0) is 19.6. The van der Waals surface area contributed by atoms with Crippen LogP contribution in [-0.2, 0) is 14.3 Å². The molecule has 0 aliphatic carbocycles. The minimum Gasteiger partial charge on any atom is -0.478 e. The maximum absolute atomic E-state index is 11.6. The van der Waals surface area contributed by atoms with Crippen molar-refractivity contribution in [2.75, 3.05) is 26.4 Å². The fourth-order valence-electron chi connectivity index (χ4n) is 1.88. The van der Waals surface area contributed by atoms with Gasteiger partial charge in [-0.25, -0.2) is 9.59 Å². The van der Waals surface area contributed by atoms with E-state index < -0.39 is 12.1 Å². The molecule has 0 radical (unpaired) electrons. The Balaban J connectivity index is 2.09. The summed E-state index contributed by atoms with van der Waals surface area (Å²) in [6, 6.07) is 5.37. The maximum atomic E-state index is 11.6. The second-order valence-electron chi connectivity index (χ2n) is 6.73. The SMILES string of the molecule is CC(C)(C)CC(=O)NCCOCCOC(=O)Oc1ccc(C(=O)O)cc1. The normalized spacial score (nSPS) is 10.9. The van der Waals surface area contributed by atoms with E-state index in [4.69, 9.17) is 19.3 Å². The van der Waals surface area contributed by atoms with Gasteiger partial charge in [-0.2, -0.15) is 0 Å². The summed E-state index contributed by atoms with van der Waals surface area (Å²) in [5.74, 6) is -0.914. The maximum Gasteiger partial charge on any atom is 0.513 e. The molecule has 0 aliphatic heterocycles. The number of carbonyl (C=O) groups excluding carboxylic acids is 2. The Hall–Kier alpha value is -2.61. The minimum atomic E-state index is -1.06. The molecule has 0 heterocycles. The standard InChI is InChI=1S/C18H25NO7/c1-18(2,3)12-15(20)19-8-9-24-10-11-25-17(23)26-14-6-4-13(5-7-14)16(21)22/h4-7H,8-12H2,1-3H3,(H,19,20)(H,21,22). The van der Waals surface area contributed by atoms with Gasteiger partial charge in [0.15, 0.2) is 0 Å². The summed E-state index contributed by atoms with van der Waals surface area (Å²) in [5.41, 5.74) is 0.0290. The van der Waals surface area contributed by atoms with Gasteiger partial charge < -0.3 is 24.6 Å². The molecule has 0 fully saturated rings. The number of carboxylic acids is 1. The van der Waals surface area contributed by atoms with Gasteiger partial charge in [-0.05, 0) is 29.7 Å². The molecule has 0 saturated carbocycles. The first-order valence-corrected chi connectivity index (χ1v) is 8.20. The van der Waals surface area contributed by atoms with E-state index in [1.807, 2.05) is 20.8 Å². The number of aromatic carboxylic acids is 1. The first kappa shape index (κ1) is 21.4. The molecule has 0 atom stereocenters. The minimum absolute atomic E-state index is 0.00196. The quantitative estimate of drug-likeness (QED) is 0.392. The third-order valence-electron chi connectivity index (χ3n) is 3.01. The van der Waals surface area contributed by atoms with Crippen molar-refractivity contribution in [1.29, 1.82) is 0 Å². The number of benzene rings is 1. The molecule has 26 heavy (non-hydrogen) atoms. The van der Waals surface area contributed by atoms with Crippen LogP contribution < -0.4 is 10.1 Å². The van der Waals surface area contributed by atoms with Gasteiger partial charge in [0, 0.05) is 13.0 Å². The van der Waals surface area contributed by atoms with Gasteiger partial charge in [-0.3, -0.25) is 4.79 Å². The van der Waals surface area contributed by atoms with E-state index in [2.05, 4.69) is 5.32 Å². The Labute approximate surface area is 152 Å². The van der Waals surface area contributed by atoms with Gasteiger partial charge in [-0.1, -0.05) is 20.8 Å². The molecule has 1 aromatic rings. The number of rotatable bonds is 9. The fourth-order valence-corrected chi connectivity index (χ4v) is 1.88. The summed E-state index contributed by atoms with van der Waals surface area (Å²) in [5, 5.41) is 11.5. The summed E-state index contributed by atoms with van der Waals surface area (Å²) >= 11 is 0. The summed E-state index contributed by atoms with van der Waals surface area (Å²) in [7, 11) is 0. The van der Waals surface area contributed by atoms with E-state index in [-0.39, 0.29) is 35.8 Å². The number of ether oxygens (including phenoxy) is 3. The smallest absolute Gasteiger partial charge is 0.478 e. The number of carboxylic acid groups (broad SMARTS) is 1. The molecule has 144 valence electrons. The number of hydrogen-bond donors (Lipinski definition) is 2. The lowest BCUT2D eigenvalue weighted by molar-refractivity contribution is -0.123. The van der Waals surface area contributed by atoms with E-state index in [9.17, 15) is 14.4 Å². The van der Waals surface area contributed by atoms with Gasteiger partial charge in [0.05, 0.1) is 18.8 Å². The van der Waals surface area contributed by atoms with Crippen LogP contribution in [0.4, 0.5) is 4.79 Å². The summed E-state index contributed by atoms with van der Waals surface area (Å²) < 4.78 is 15.0. The Morgan fingerprint density at radius 1 is 1.04 bits per heavy atom. The van der Waals surface area contributed by atoms with Gasteiger partial charge in [0.1, 0.15) is 12.4 Å². The van der Waals surface area contributed by atoms with E-state index in [1.54, 1.807) is 0 Å². The molecule has 8 nitrogen and oxygen atoms in total. The molecule has 0 saturated heterocycles. The first-order chi connectivity index (χ1) is 12.2. The predicted octanol–water partition coefficient (Wildman–Crippen LogP) is 2.47. The molecule has 0 aromatic heterocycles. The Bertz CT molecular complexity index is 605. The van der Waals surface area contributed by atoms with Crippen LogP contribution in [0, 0.1) is 5.41 Å². The van der Waals surface area contributed by atoms with Crippen molar-refractivity contribution < 1.29 is 33.7 Å². The molecule has 0 bridgehead atoms. The van der Waals surface area contributed by atoms with Crippen molar-refractivity contribution in [3.05, 3.63) is 29.8 Å². The fraction of sp³-hybridized carbons (Fsp3) is 0.500. The number of nitrogens with one attached hydrogen (secondary N) is 1. The molecule has 1 amide bonds. The van der Waals surface area contributed by atoms with E-state index in [1.165, 1.54) is 24.3 Å². The van der Waals surface area contributed by atoms with Crippen molar-refractivity contribution in [2.45, 2.75) is 27.2 Å². The third-order valence-corrected chi connectivity index (χ3v) is 3.01. The lowest BCUT2D eigenvalue weighted by atomic mass is 9.92. The molecular formula is C18H25NO7. The van der Waals surface area contributed by atoms with Crippen LogP contribution in [0.3, 0.4) is 0 Å². The van der Waals surface area contributed by atoms with Crippen LogP contribution in [0.25, 0.3) is 0 Å². The van der Waals surface area contributed by atoms with Crippen LogP contribution in [0.5, 0.6) is 5.75 Å². The highest BCUT2D eigenvalue weighted by atomic mass is 16.7. The summed E-state index contributed by atoms with van der Waals surface area (Å²) in [4.78, 5) is 33.8. The number of hydrogen-bond acceptors (Lipinski definition) is 6. The average Bonchev–Trinajstić information content (AvgIpc) is 2.52. The Morgan fingerprint density at radius 2 is 1.69 bits per heavy atom. The van der Waals surface area contributed by atoms with Crippen LogP contribution in [0.2, 0.25) is 0 Å². The molecule has 8 heteroatoms. The van der Waals surface area contributed by atoms with Gasteiger partial charge >= 0.3 is 12.1 Å². The zero-order valence-electron chi connectivity index (χ0n) is 15.2. The topological polar surface area (TPSA) is 111 Å². The summed E-state index contributed by atoms with van der Waals surface area (Å²) in [6.45, 7) is 6.82. The van der Waals surface area contributed by atoms with Gasteiger partial charge in [0.25, 0.3) is 0 Å². The lowest BCUT2D eigenvalue weighted by Crippen LogP contribution is -2.30. The Kier molecular flexibility index (Phi) is 8.57. The second-order valence-corrected chi connectivity index (χ2v) is 6.73. The van der Waals surface area contributed by atoms with Crippen molar-refractivity contribution in [3.63, 3.8) is 0 Å². The van der Waals surface area contributed by atoms with E-state index in [0.717, 1.165) is 0 Å². The van der Waals surface area contributed by atoms with Crippen LogP contribution in [0.1, 0.15) is 37.6 Å². The van der Waals surface area contributed by atoms with E-state index in [0.29, 0.717) is 19.6 Å². The number of amides is 1. The van der Waals surface area contributed by atoms with Crippen LogP contribution >= 0.6 is 0 Å². The average molecular weight is 367 g/mol. The van der Waals surface area contributed by atoms with Crippen LogP contribution in [-0.4, -0.2) is 49.5 Å². The lowest BCUT2D eigenvalue weighted by Gasteiger charge is -2.17. The monoisotopic (exact) mass is 367 g/mol. The molecule has 0 aliphatic rings. The summed E-state index contributed by atoms with van der Waals surface area (Å²) in [6.07, 6.45) is -0.467. The van der Waals surface area contributed by atoms with Crippen molar-refractivity contribution in [2.24, 2.45) is 5.41 Å². The highest BCUT2D eigenvalue weighted by Gasteiger charge is 2.15. The second kappa shape index (κ2) is 10.4. The highest BCUT2D eigenvalue weighted by Crippen LogP contribution is 2.17. The predicted molar refractivity (Wildman–Crippen MR) is 93.3 cm³/mol. The zero-order valence-corrected chi connectivity index (χ0v) is 15.2. The number of carbonyl (C=O) groups is 3. The molecular weight excluding hydrogens is 342 g/mol. The van der Waals surface area contributed by atoms with E-state index >= 15 is 0 Å². The molecule has 0 unspecified atom stereocenters.